The predicted molar refractivity (Wildman–Crippen MR) is 76.1 cm³/mol. The molecule has 1 aliphatic rings. The van der Waals surface area contributed by atoms with Crippen LogP contribution in [0.3, 0.4) is 0 Å². The highest BCUT2D eigenvalue weighted by molar-refractivity contribution is 6.04. The van der Waals surface area contributed by atoms with E-state index in [0.29, 0.717) is 28.7 Å². The molecule has 4 nitrogen and oxygen atoms in total. The van der Waals surface area contributed by atoms with Crippen molar-refractivity contribution in [2.75, 3.05) is 11.9 Å². The number of ether oxygens (including phenoxy) is 1. The lowest BCUT2D eigenvalue weighted by molar-refractivity contribution is 0.102. The number of hydrogen-bond donors (Lipinski definition) is 1. The second-order valence-corrected chi connectivity index (χ2v) is 5.15. The smallest absolute Gasteiger partial charge is 0.259 e. The maximum atomic E-state index is 12.1. The van der Waals surface area contributed by atoms with Gasteiger partial charge in [0.15, 0.2) is 0 Å². The fourth-order valence-electron chi connectivity index (χ4n) is 1.94. The van der Waals surface area contributed by atoms with Crippen LogP contribution >= 0.6 is 0 Å². The molecule has 0 atom stereocenters. The van der Waals surface area contributed by atoms with Gasteiger partial charge in [0, 0.05) is 0 Å². The van der Waals surface area contributed by atoms with Crippen molar-refractivity contribution in [1.29, 1.82) is 0 Å². The number of rotatable bonds is 5. The maximum absolute atomic E-state index is 12.1. The first-order chi connectivity index (χ1) is 9.72. The topological polar surface area (TPSA) is 51.5 Å². The third-order valence-electron chi connectivity index (χ3n) is 3.30. The van der Waals surface area contributed by atoms with Crippen LogP contribution < -0.4 is 10.1 Å². The van der Waals surface area contributed by atoms with Gasteiger partial charge in [0.1, 0.15) is 17.8 Å². The zero-order valence-electron chi connectivity index (χ0n) is 11.4. The minimum absolute atomic E-state index is 0.190. The molecule has 0 radical (unpaired) electrons. The summed E-state index contributed by atoms with van der Waals surface area (Å²) in [6, 6.07) is 9.20. The summed E-state index contributed by atoms with van der Waals surface area (Å²) in [5.74, 6) is 1.92. The first kappa shape index (κ1) is 12.8. The van der Waals surface area contributed by atoms with Gasteiger partial charge in [0.2, 0.25) is 0 Å². The van der Waals surface area contributed by atoms with Gasteiger partial charge >= 0.3 is 0 Å². The van der Waals surface area contributed by atoms with E-state index >= 15 is 0 Å². The van der Waals surface area contributed by atoms with Crippen molar-refractivity contribution in [3.8, 4) is 5.75 Å². The zero-order valence-corrected chi connectivity index (χ0v) is 11.4. The molecule has 1 saturated carbocycles. The van der Waals surface area contributed by atoms with Crippen molar-refractivity contribution < 1.29 is 13.9 Å². The van der Waals surface area contributed by atoms with Gasteiger partial charge in [0.05, 0.1) is 17.9 Å². The van der Waals surface area contributed by atoms with E-state index in [9.17, 15) is 4.79 Å². The van der Waals surface area contributed by atoms with Crippen LogP contribution in [0.4, 0.5) is 5.69 Å². The molecule has 1 aromatic heterocycles. The molecule has 2 aromatic rings. The molecule has 104 valence electrons. The standard InChI is InChI=1S/C16H17NO3/c1-11-8-13(10-19-11)16(18)17-14-4-2-3-5-15(14)20-9-12-6-7-12/h2-5,8,10,12H,6-7,9H2,1H3,(H,17,18). The van der Waals surface area contributed by atoms with E-state index < -0.39 is 0 Å². The van der Waals surface area contributed by atoms with E-state index in [4.69, 9.17) is 9.15 Å². The van der Waals surface area contributed by atoms with Crippen LogP contribution in [0.15, 0.2) is 41.0 Å². The van der Waals surface area contributed by atoms with Crippen molar-refractivity contribution >= 4 is 11.6 Å². The highest BCUT2D eigenvalue weighted by Gasteiger charge is 2.22. The van der Waals surface area contributed by atoms with Gasteiger partial charge in [-0.1, -0.05) is 12.1 Å². The quantitative estimate of drug-likeness (QED) is 0.903. The lowest BCUT2D eigenvalue weighted by Crippen LogP contribution is -2.12. The Morgan fingerprint density at radius 2 is 2.20 bits per heavy atom. The number of nitrogens with one attached hydrogen (secondary N) is 1. The first-order valence-corrected chi connectivity index (χ1v) is 6.80. The summed E-state index contributed by atoms with van der Waals surface area (Å²) in [5, 5.41) is 2.86. The number of carbonyl (C=O) groups excluding carboxylic acids is 1. The summed E-state index contributed by atoms with van der Waals surface area (Å²) in [4.78, 5) is 12.1. The van der Waals surface area contributed by atoms with E-state index in [-0.39, 0.29) is 5.91 Å². The fraction of sp³-hybridized carbons (Fsp3) is 0.312. The lowest BCUT2D eigenvalue weighted by Gasteiger charge is -2.11. The van der Waals surface area contributed by atoms with Gasteiger partial charge in [-0.3, -0.25) is 4.79 Å². The first-order valence-electron chi connectivity index (χ1n) is 6.80. The van der Waals surface area contributed by atoms with Gasteiger partial charge in [-0.2, -0.15) is 0 Å². The van der Waals surface area contributed by atoms with Gasteiger partial charge in [0.25, 0.3) is 5.91 Å². The van der Waals surface area contributed by atoms with Gasteiger partial charge in [-0.05, 0) is 43.9 Å². The van der Waals surface area contributed by atoms with Crippen molar-refractivity contribution in [2.45, 2.75) is 19.8 Å². The molecule has 3 rings (SSSR count). The molecular formula is C16H17NO3. The van der Waals surface area contributed by atoms with Crippen LogP contribution in [-0.4, -0.2) is 12.5 Å². The number of amides is 1. The van der Waals surface area contributed by atoms with E-state index in [2.05, 4.69) is 5.32 Å². The van der Waals surface area contributed by atoms with Gasteiger partial charge < -0.3 is 14.5 Å². The SMILES string of the molecule is Cc1cc(C(=O)Nc2ccccc2OCC2CC2)co1. The average molecular weight is 271 g/mol. The van der Waals surface area contributed by atoms with Crippen molar-refractivity contribution in [3.63, 3.8) is 0 Å². The third kappa shape index (κ3) is 3.02. The number of aryl methyl sites for hydroxylation is 1. The fourth-order valence-corrected chi connectivity index (χ4v) is 1.94. The second kappa shape index (κ2) is 5.41. The molecular weight excluding hydrogens is 254 g/mol. The zero-order chi connectivity index (χ0) is 13.9. The Bertz CT molecular complexity index is 614. The van der Waals surface area contributed by atoms with Crippen LogP contribution in [0.25, 0.3) is 0 Å². The molecule has 1 N–H and O–H groups in total. The summed E-state index contributed by atoms with van der Waals surface area (Å²) < 4.78 is 10.9. The minimum Gasteiger partial charge on any atom is -0.491 e. The molecule has 1 aromatic carbocycles. The highest BCUT2D eigenvalue weighted by atomic mass is 16.5. The Labute approximate surface area is 117 Å². The number of hydrogen-bond acceptors (Lipinski definition) is 3. The number of anilines is 1. The van der Waals surface area contributed by atoms with Crippen molar-refractivity contribution in [1.82, 2.24) is 0 Å². The lowest BCUT2D eigenvalue weighted by atomic mass is 10.2. The van der Waals surface area contributed by atoms with Crippen LogP contribution in [-0.2, 0) is 0 Å². The molecule has 20 heavy (non-hydrogen) atoms. The molecule has 1 fully saturated rings. The molecule has 0 unspecified atom stereocenters. The van der Waals surface area contributed by atoms with E-state index in [1.165, 1.54) is 19.1 Å². The Balaban J connectivity index is 1.70. The molecule has 1 amide bonds. The van der Waals surface area contributed by atoms with E-state index in [0.717, 1.165) is 6.61 Å². The van der Waals surface area contributed by atoms with Crippen LogP contribution in [0.5, 0.6) is 5.75 Å². The molecule has 0 bridgehead atoms. The molecule has 1 heterocycles. The molecule has 0 saturated heterocycles. The molecule has 4 heteroatoms. The Hall–Kier alpha value is -2.23. The number of para-hydroxylation sites is 2. The summed E-state index contributed by atoms with van der Waals surface area (Å²) in [6.45, 7) is 2.53. The van der Waals surface area contributed by atoms with Crippen LogP contribution in [0.2, 0.25) is 0 Å². The van der Waals surface area contributed by atoms with Crippen LogP contribution in [0, 0.1) is 12.8 Å². The van der Waals surface area contributed by atoms with Crippen molar-refractivity contribution in [3.05, 3.63) is 47.9 Å². The van der Waals surface area contributed by atoms with Gasteiger partial charge in [-0.25, -0.2) is 0 Å². The summed E-state index contributed by atoms with van der Waals surface area (Å²) in [7, 11) is 0. The summed E-state index contributed by atoms with van der Waals surface area (Å²) in [5.41, 5.74) is 1.21. The average Bonchev–Trinajstić information content (AvgIpc) is 3.18. The predicted octanol–water partition coefficient (Wildman–Crippen LogP) is 3.63. The van der Waals surface area contributed by atoms with Crippen LogP contribution in [0.1, 0.15) is 29.0 Å². The summed E-state index contributed by atoms with van der Waals surface area (Å²) >= 11 is 0. The van der Waals surface area contributed by atoms with E-state index in [1.54, 1.807) is 6.07 Å². The highest BCUT2D eigenvalue weighted by Crippen LogP contribution is 2.31. The Morgan fingerprint density at radius 3 is 2.90 bits per heavy atom. The normalized spacial score (nSPS) is 14.1. The maximum Gasteiger partial charge on any atom is 0.259 e. The minimum atomic E-state index is -0.190. The molecule has 0 aliphatic heterocycles. The second-order valence-electron chi connectivity index (χ2n) is 5.15. The monoisotopic (exact) mass is 271 g/mol. The number of furan rings is 1. The largest absolute Gasteiger partial charge is 0.491 e. The Morgan fingerprint density at radius 1 is 1.40 bits per heavy atom. The van der Waals surface area contributed by atoms with Gasteiger partial charge in [-0.15, -0.1) is 0 Å². The number of carbonyl (C=O) groups is 1. The Kier molecular flexibility index (Phi) is 3.46. The molecule has 0 spiro atoms. The number of benzene rings is 1. The summed E-state index contributed by atoms with van der Waals surface area (Å²) in [6.07, 6.45) is 3.93. The van der Waals surface area contributed by atoms with E-state index in [1.807, 2.05) is 31.2 Å². The third-order valence-corrected chi connectivity index (χ3v) is 3.30. The molecule has 1 aliphatic carbocycles. The van der Waals surface area contributed by atoms with Crippen molar-refractivity contribution in [2.24, 2.45) is 5.92 Å².